The van der Waals surface area contributed by atoms with Crippen LogP contribution in [0.2, 0.25) is 0 Å². The van der Waals surface area contributed by atoms with E-state index in [-0.39, 0.29) is 17.4 Å². The number of nitrogens with zero attached hydrogens (tertiary/aromatic N) is 3. The standard InChI is InChI=1S/C18H23N3O2/c1-12-7-9-19-11-13(12)5-6-15-20-17(21-23-15)14-8-10-22-16(14)18(2,3)4/h5-7,9,11,14,16H,8,10H2,1-4H3/b6-5+/t14-,16-/m0/s1. The van der Waals surface area contributed by atoms with Crippen LogP contribution in [-0.2, 0) is 4.74 Å². The zero-order chi connectivity index (χ0) is 16.4. The fourth-order valence-corrected chi connectivity index (χ4v) is 2.98. The van der Waals surface area contributed by atoms with E-state index in [9.17, 15) is 0 Å². The Kier molecular flexibility index (Phi) is 4.31. The summed E-state index contributed by atoms with van der Waals surface area (Å²) in [6, 6.07) is 1.97. The number of rotatable bonds is 3. The molecule has 0 amide bonds. The van der Waals surface area contributed by atoms with Gasteiger partial charge in [0.1, 0.15) is 0 Å². The fraction of sp³-hybridized carbons (Fsp3) is 0.500. The molecule has 1 fully saturated rings. The first kappa shape index (κ1) is 15.9. The van der Waals surface area contributed by atoms with Crippen molar-refractivity contribution in [3.63, 3.8) is 0 Å². The lowest BCUT2D eigenvalue weighted by Gasteiger charge is -2.29. The van der Waals surface area contributed by atoms with Gasteiger partial charge in [0.05, 0.1) is 12.0 Å². The summed E-state index contributed by atoms with van der Waals surface area (Å²) in [5, 5.41) is 4.16. The van der Waals surface area contributed by atoms with Crippen molar-refractivity contribution in [2.45, 2.75) is 46.1 Å². The minimum Gasteiger partial charge on any atom is -0.377 e. The second-order valence-electron chi connectivity index (χ2n) is 7.11. The molecule has 0 aromatic carbocycles. The zero-order valence-corrected chi connectivity index (χ0v) is 14.1. The highest BCUT2D eigenvalue weighted by Gasteiger charge is 2.40. The van der Waals surface area contributed by atoms with Gasteiger partial charge in [0, 0.05) is 25.1 Å². The molecule has 1 aliphatic rings. The summed E-state index contributed by atoms with van der Waals surface area (Å²) < 4.78 is 11.3. The third-order valence-electron chi connectivity index (χ3n) is 4.22. The molecule has 0 aliphatic carbocycles. The van der Waals surface area contributed by atoms with Gasteiger partial charge in [-0.25, -0.2) is 0 Å². The van der Waals surface area contributed by atoms with Crippen LogP contribution in [0.5, 0.6) is 0 Å². The average molecular weight is 313 g/mol. The summed E-state index contributed by atoms with van der Waals surface area (Å²) in [6.07, 6.45) is 8.45. The maximum Gasteiger partial charge on any atom is 0.250 e. The molecule has 0 spiro atoms. The summed E-state index contributed by atoms with van der Waals surface area (Å²) in [7, 11) is 0. The zero-order valence-electron chi connectivity index (χ0n) is 14.1. The van der Waals surface area contributed by atoms with Crippen molar-refractivity contribution >= 4 is 12.2 Å². The summed E-state index contributed by atoms with van der Waals surface area (Å²) in [5.74, 6) is 1.45. The van der Waals surface area contributed by atoms with Crippen LogP contribution in [0.1, 0.15) is 56.0 Å². The van der Waals surface area contributed by atoms with Gasteiger partial charge in [-0.1, -0.05) is 25.9 Å². The molecule has 0 bridgehead atoms. The largest absolute Gasteiger partial charge is 0.377 e. The van der Waals surface area contributed by atoms with Gasteiger partial charge in [-0.05, 0) is 42.0 Å². The summed E-state index contributed by atoms with van der Waals surface area (Å²) in [6.45, 7) is 9.35. The van der Waals surface area contributed by atoms with Crippen LogP contribution in [0, 0.1) is 12.3 Å². The van der Waals surface area contributed by atoms with Crippen molar-refractivity contribution in [1.29, 1.82) is 0 Å². The number of pyridine rings is 1. The Morgan fingerprint density at radius 2 is 2.09 bits per heavy atom. The molecule has 1 aliphatic heterocycles. The Morgan fingerprint density at radius 1 is 1.26 bits per heavy atom. The third kappa shape index (κ3) is 3.50. The van der Waals surface area contributed by atoms with E-state index in [4.69, 9.17) is 9.26 Å². The summed E-state index contributed by atoms with van der Waals surface area (Å²) >= 11 is 0. The Labute approximate surface area is 136 Å². The Balaban J connectivity index is 1.77. The molecule has 1 saturated heterocycles. The van der Waals surface area contributed by atoms with E-state index in [1.807, 2.05) is 31.3 Å². The first-order chi connectivity index (χ1) is 10.9. The molecule has 0 N–H and O–H groups in total. The minimum absolute atomic E-state index is 0.0601. The molecule has 5 nitrogen and oxygen atoms in total. The number of ether oxygens (including phenoxy) is 1. The quantitative estimate of drug-likeness (QED) is 0.861. The molecule has 3 heterocycles. The van der Waals surface area contributed by atoms with Crippen molar-refractivity contribution in [2.75, 3.05) is 6.61 Å². The molecule has 0 radical (unpaired) electrons. The van der Waals surface area contributed by atoms with Gasteiger partial charge in [-0.15, -0.1) is 0 Å². The molecule has 0 saturated carbocycles. The van der Waals surface area contributed by atoms with Crippen LogP contribution in [0.15, 0.2) is 23.0 Å². The normalized spacial score (nSPS) is 22.1. The van der Waals surface area contributed by atoms with Crippen molar-refractivity contribution in [1.82, 2.24) is 15.1 Å². The van der Waals surface area contributed by atoms with Crippen molar-refractivity contribution in [2.24, 2.45) is 5.41 Å². The van der Waals surface area contributed by atoms with Gasteiger partial charge in [0.15, 0.2) is 5.82 Å². The number of aryl methyl sites for hydroxylation is 1. The highest BCUT2D eigenvalue weighted by atomic mass is 16.5. The van der Waals surface area contributed by atoms with Crippen molar-refractivity contribution in [3.05, 3.63) is 41.3 Å². The van der Waals surface area contributed by atoms with Gasteiger partial charge in [0.2, 0.25) is 0 Å². The molecule has 5 heteroatoms. The highest BCUT2D eigenvalue weighted by Crippen LogP contribution is 2.39. The Hall–Kier alpha value is -2.01. The predicted molar refractivity (Wildman–Crippen MR) is 88.8 cm³/mol. The minimum atomic E-state index is 0.0601. The summed E-state index contributed by atoms with van der Waals surface area (Å²) in [4.78, 5) is 8.66. The predicted octanol–water partition coefficient (Wildman–Crippen LogP) is 3.86. The van der Waals surface area contributed by atoms with E-state index in [1.165, 1.54) is 0 Å². The first-order valence-corrected chi connectivity index (χ1v) is 7.99. The number of aromatic nitrogens is 3. The maximum atomic E-state index is 5.89. The molecule has 2 aromatic rings. The SMILES string of the molecule is Cc1ccncc1/C=C/c1nc([C@H]2CCO[C@@H]2C(C)(C)C)no1. The molecular formula is C18H23N3O2. The van der Waals surface area contributed by atoms with Gasteiger partial charge in [-0.2, -0.15) is 4.98 Å². The Bertz CT molecular complexity index is 700. The van der Waals surface area contributed by atoms with E-state index < -0.39 is 0 Å². The lowest BCUT2D eigenvalue weighted by atomic mass is 9.81. The van der Waals surface area contributed by atoms with Crippen LogP contribution in [0.3, 0.4) is 0 Å². The van der Waals surface area contributed by atoms with E-state index in [0.717, 1.165) is 30.0 Å². The molecule has 3 rings (SSSR count). The van der Waals surface area contributed by atoms with Crippen LogP contribution < -0.4 is 0 Å². The highest BCUT2D eigenvalue weighted by molar-refractivity contribution is 5.67. The second-order valence-corrected chi connectivity index (χ2v) is 7.11. The molecule has 2 aromatic heterocycles. The fourth-order valence-electron chi connectivity index (χ4n) is 2.98. The Morgan fingerprint density at radius 3 is 2.83 bits per heavy atom. The van der Waals surface area contributed by atoms with Gasteiger partial charge >= 0.3 is 0 Å². The lowest BCUT2D eigenvalue weighted by molar-refractivity contribution is 0.0193. The lowest BCUT2D eigenvalue weighted by Crippen LogP contribution is -2.30. The maximum absolute atomic E-state index is 5.89. The van der Waals surface area contributed by atoms with Gasteiger partial charge in [0.25, 0.3) is 5.89 Å². The number of hydrogen-bond donors (Lipinski definition) is 0. The van der Waals surface area contributed by atoms with Crippen molar-refractivity contribution in [3.8, 4) is 0 Å². The smallest absolute Gasteiger partial charge is 0.250 e. The molecule has 2 atom stereocenters. The van der Waals surface area contributed by atoms with Crippen LogP contribution >= 0.6 is 0 Å². The van der Waals surface area contributed by atoms with E-state index in [1.54, 1.807) is 6.20 Å². The molecule has 122 valence electrons. The van der Waals surface area contributed by atoms with E-state index in [0.29, 0.717) is 5.89 Å². The monoisotopic (exact) mass is 313 g/mol. The summed E-state index contributed by atoms with van der Waals surface area (Å²) in [5.41, 5.74) is 2.27. The van der Waals surface area contributed by atoms with Gasteiger partial charge in [-0.3, -0.25) is 4.98 Å². The topological polar surface area (TPSA) is 61.0 Å². The van der Waals surface area contributed by atoms with Crippen LogP contribution in [-0.4, -0.2) is 27.8 Å². The molecule has 23 heavy (non-hydrogen) atoms. The average Bonchev–Trinajstić information content (AvgIpc) is 3.14. The molecular weight excluding hydrogens is 290 g/mol. The van der Waals surface area contributed by atoms with E-state index >= 15 is 0 Å². The first-order valence-electron chi connectivity index (χ1n) is 7.99. The van der Waals surface area contributed by atoms with Crippen LogP contribution in [0.4, 0.5) is 0 Å². The van der Waals surface area contributed by atoms with E-state index in [2.05, 4.69) is 35.9 Å². The van der Waals surface area contributed by atoms with Gasteiger partial charge < -0.3 is 9.26 Å². The molecule has 0 unspecified atom stereocenters. The third-order valence-corrected chi connectivity index (χ3v) is 4.22. The van der Waals surface area contributed by atoms with Crippen LogP contribution in [0.25, 0.3) is 12.2 Å². The number of hydrogen-bond acceptors (Lipinski definition) is 5. The van der Waals surface area contributed by atoms with Crippen molar-refractivity contribution < 1.29 is 9.26 Å². The second kappa shape index (κ2) is 6.24.